The molecule has 1 aliphatic heterocycles. The van der Waals surface area contributed by atoms with E-state index in [0.29, 0.717) is 13.2 Å². The van der Waals surface area contributed by atoms with Gasteiger partial charge in [0.1, 0.15) is 6.54 Å². The van der Waals surface area contributed by atoms with E-state index in [4.69, 9.17) is 14.6 Å². The van der Waals surface area contributed by atoms with Gasteiger partial charge in [-0.1, -0.05) is 30.3 Å². The zero-order chi connectivity index (χ0) is 17.3. The summed E-state index contributed by atoms with van der Waals surface area (Å²) in [6.07, 6.45) is 6.71. The molecule has 1 amide bonds. The van der Waals surface area contributed by atoms with Crippen LogP contribution in [0, 0.1) is 0 Å². The largest absolute Gasteiger partial charge is 0.483 e. The Bertz CT molecular complexity index is 623. The molecule has 1 aliphatic rings. The van der Waals surface area contributed by atoms with Crippen LogP contribution in [0.15, 0.2) is 49.1 Å². The highest BCUT2D eigenvalue weighted by molar-refractivity contribution is 5.77. The van der Waals surface area contributed by atoms with E-state index in [0.717, 1.165) is 18.4 Å². The van der Waals surface area contributed by atoms with Gasteiger partial charge in [-0.05, 0) is 18.4 Å². The lowest BCUT2D eigenvalue weighted by Crippen LogP contribution is -2.50. The van der Waals surface area contributed by atoms with Crippen LogP contribution in [-0.4, -0.2) is 40.3 Å². The van der Waals surface area contributed by atoms with Crippen molar-refractivity contribution in [2.24, 2.45) is 0 Å². The summed E-state index contributed by atoms with van der Waals surface area (Å²) in [7, 11) is 0. The molecule has 0 spiro atoms. The first-order valence-corrected chi connectivity index (χ1v) is 7.68. The van der Waals surface area contributed by atoms with Crippen LogP contribution < -0.4 is 5.32 Å². The molecule has 128 valence electrons. The van der Waals surface area contributed by atoms with Crippen LogP contribution in [0.25, 0.3) is 0 Å². The van der Waals surface area contributed by atoms with Gasteiger partial charge in [0, 0.05) is 25.6 Å². The first-order valence-electron chi connectivity index (χ1n) is 7.68. The fourth-order valence-corrected chi connectivity index (χ4v) is 2.82. The number of nitrogens with one attached hydrogen (secondary N) is 1. The number of ether oxygens (including phenoxy) is 1. The average Bonchev–Trinajstić information content (AvgIpc) is 3.10. The highest BCUT2D eigenvalue weighted by atomic mass is 16.5. The second kappa shape index (κ2) is 8.83. The van der Waals surface area contributed by atoms with Crippen molar-refractivity contribution in [2.45, 2.75) is 24.9 Å². The zero-order valence-corrected chi connectivity index (χ0v) is 13.3. The molecule has 0 bridgehead atoms. The molecule has 0 unspecified atom stereocenters. The molecule has 0 radical (unpaired) electrons. The Kier molecular flexibility index (Phi) is 6.51. The van der Waals surface area contributed by atoms with Crippen LogP contribution in [0.3, 0.4) is 0 Å². The maximum absolute atomic E-state index is 12.4. The van der Waals surface area contributed by atoms with Gasteiger partial charge in [0.25, 0.3) is 6.47 Å². The molecular weight excluding hydrogens is 310 g/mol. The van der Waals surface area contributed by atoms with Crippen LogP contribution in [0.1, 0.15) is 18.4 Å². The molecule has 0 saturated carbocycles. The fourth-order valence-electron chi connectivity index (χ4n) is 2.82. The molecule has 2 aromatic rings. The van der Waals surface area contributed by atoms with Gasteiger partial charge in [0.2, 0.25) is 5.91 Å². The van der Waals surface area contributed by atoms with E-state index in [1.165, 1.54) is 0 Å². The maximum atomic E-state index is 12.4. The zero-order valence-electron chi connectivity index (χ0n) is 13.3. The lowest BCUT2D eigenvalue weighted by atomic mass is 9.82. The van der Waals surface area contributed by atoms with E-state index in [9.17, 15) is 4.79 Å². The number of rotatable bonds is 4. The van der Waals surface area contributed by atoms with E-state index >= 15 is 0 Å². The highest BCUT2D eigenvalue weighted by Crippen LogP contribution is 2.32. The van der Waals surface area contributed by atoms with Crippen molar-refractivity contribution < 1.29 is 19.4 Å². The molecule has 7 nitrogen and oxygen atoms in total. The van der Waals surface area contributed by atoms with Crippen molar-refractivity contribution >= 4 is 12.4 Å². The summed E-state index contributed by atoms with van der Waals surface area (Å²) >= 11 is 0. The van der Waals surface area contributed by atoms with Crippen LogP contribution in [0.2, 0.25) is 0 Å². The third-order valence-electron chi connectivity index (χ3n) is 3.94. The second-order valence-electron chi connectivity index (χ2n) is 5.45. The van der Waals surface area contributed by atoms with E-state index in [2.05, 4.69) is 22.4 Å². The van der Waals surface area contributed by atoms with Crippen molar-refractivity contribution in [3.8, 4) is 0 Å². The number of carbonyl (C=O) groups is 2. The van der Waals surface area contributed by atoms with Crippen molar-refractivity contribution in [2.75, 3.05) is 13.2 Å². The predicted molar refractivity (Wildman–Crippen MR) is 87.2 cm³/mol. The smallest absolute Gasteiger partial charge is 0.290 e. The van der Waals surface area contributed by atoms with Gasteiger partial charge >= 0.3 is 0 Å². The second-order valence-corrected chi connectivity index (χ2v) is 5.45. The minimum atomic E-state index is -0.322. The minimum Gasteiger partial charge on any atom is -0.483 e. The molecule has 0 aliphatic carbocycles. The summed E-state index contributed by atoms with van der Waals surface area (Å²) in [5.41, 5.74) is 0.823. The van der Waals surface area contributed by atoms with Gasteiger partial charge in [-0.3, -0.25) is 9.59 Å². The number of carboxylic acid groups (broad SMARTS) is 1. The molecule has 1 aromatic heterocycles. The summed E-state index contributed by atoms with van der Waals surface area (Å²) in [6.45, 7) is 1.37. The number of hydrogen-bond donors (Lipinski definition) is 2. The molecule has 0 atom stereocenters. The van der Waals surface area contributed by atoms with Gasteiger partial charge in [0.05, 0.1) is 11.9 Å². The minimum absolute atomic E-state index is 0.00115. The third-order valence-corrected chi connectivity index (χ3v) is 3.94. The Labute approximate surface area is 140 Å². The SMILES string of the molecule is O=C(Cn1ccnc1)NC1(c2ccccc2)CCOCC1.O=CO. The van der Waals surface area contributed by atoms with Crippen LogP contribution in [0.5, 0.6) is 0 Å². The van der Waals surface area contributed by atoms with Crippen LogP contribution in [-0.2, 0) is 26.4 Å². The van der Waals surface area contributed by atoms with E-state index < -0.39 is 0 Å². The van der Waals surface area contributed by atoms with E-state index in [1.54, 1.807) is 23.3 Å². The number of imidazole rings is 1. The summed E-state index contributed by atoms with van der Waals surface area (Å²) in [5.74, 6) is -0.00115. The van der Waals surface area contributed by atoms with Gasteiger partial charge in [-0.15, -0.1) is 0 Å². The maximum Gasteiger partial charge on any atom is 0.290 e. The topological polar surface area (TPSA) is 93.5 Å². The Morgan fingerprint density at radius 1 is 1.33 bits per heavy atom. The Morgan fingerprint density at radius 2 is 2.00 bits per heavy atom. The molecule has 3 rings (SSSR count). The molecule has 2 heterocycles. The Hall–Kier alpha value is -2.67. The fraction of sp³-hybridized carbons (Fsp3) is 0.353. The number of nitrogens with zero attached hydrogens (tertiary/aromatic N) is 2. The lowest BCUT2D eigenvalue weighted by molar-refractivity contribution is -0.125. The van der Waals surface area contributed by atoms with Crippen molar-refractivity contribution in [1.29, 1.82) is 0 Å². The highest BCUT2D eigenvalue weighted by Gasteiger charge is 2.35. The molecule has 2 N–H and O–H groups in total. The van der Waals surface area contributed by atoms with Crippen molar-refractivity contribution in [3.05, 3.63) is 54.6 Å². The number of amides is 1. The lowest BCUT2D eigenvalue weighted by Gasteiger charge is -2.38. The summed E-state index contributed by atoms with van der Waals surface area (Å²) in [5, 5.41) is 10.1. The first-order chi connectivity index (χ1) is 11.7. The summed E-state index contributed by atoms with van der Waals surface area (Å²) < 4.78 is 7.24. The van der Waals surface area contributed by atoms with Crippen molar-refractivity contribution in [1.82, 2.24) is 14.9 Å². The molecule has 1 fully saturated rings. The Balaban J connectivity index is 0.000000647. The molecule has 7 heteroatoms. The predicted octanol–water partition coefficient (Wildman–Crippen LogP) is 1.41. The van der Waals surface area contributed by atoms with E-state index in [-0.39, 0.29) is 24.5 Å². The van der Waals surface area contributed by atoms with Gasteiger partial charge < -0.3 is 19.7 Å². The molecular formula is C17H21N3O4. The number of aromatic nitrogens is 2. The van der Waals surface area contributed by atoms with Gasteiger partial charge in [-0.2, -0.15) is 0 Å². The molecule has 1 saturated heterocycles. The quantitative estimate of drug-likeness (QED) is 0.826. The number of benzene rings is 1. The monoisotopic (exact) mass is 331 g/mol. The average molecular weight is 331 g/mol. The summed E-state index contributed by atoms with van der Waals surface area (Å²) in [6, 6.07) is 10.2. The van der Waals surface area contributed by atoms with Gasteiger partial charge in [-0.25, -0.2) is 4.98 Å². The molecule has 1 aromatic carbocycles. The number of hydrogen-bond acceptors (Lipinski definition) is 4. The number of carbonyl (C=O) groups excluding carboxylic acids is 1. The normalized spacial score (nSPS) is 15.7. The van der Waals surface area contributed by atoms with E-state index in [1.807, 2.05) is 18.2 Å². The summed E-state index contributed by atoms with van der Waals surface area (Å²) in [4.78, 5) is 24.7. The third kappa shape index (κ3) is 4.66. The molecule has 24 heavy (non-hydrogen) atoms. The Morgan fingerprint density at radius 3 is 2.58 bits per heavy atom. The first kappa shape index (κ1) is 17.7. The van der Waals surface area contributed by atoms with Crippen molar-refractivity contribution in [3.63, 3.8) is 0 Å². The van der Waals surface area contributed by atoms with Crippen LogP contribution >= 0.6 is 0 Å². The van der Waals surface area contributed by atoms with Gasteiger partial charge in [0.15, 0.2) is 0 Å². The van der Waals surface area contributed by atoms with Crippen LogP contribution in [0.4, 0.5) is 0 Å². The standard InChI is InChI=1S/C16H19N3O2.CH2O2/c20-15(12-19-9-8-17-13-19)18-16(6-10-21-11-7-16)14-4-2-1-3-5-14;2-1-3/h1-5,8-9,13H,6-7,10-12H2,(H,18,20);1H,(H,2,3).